The molecule has 0 aliphatic heterocycles. The van der Waals surface area contributed by atoms with Crippen LogP contribution in [0.15, 0.2) is 24.3 Å². The molecule has 102 valence electrons. The summed E-state index contributed by atoms with van der Waals surface area (Å²) in [5, 5.41) is 0. The molecule has 18 heavy (non-hydrogen) atoms. The van der Waals surface area contributed by atoms with Gasteiger partial charge in [-0.3, -0.25) is 9.13 Å². The van der Waals surface area contributed by atoms with Crippen molar-refractivity contribution >= 4 is 37.9 Å². The van der Waals surface area contributed by atoms with E-state index in [0.29, 0.717) is 11.1 Å². The molecular formula is C10H14Cl2O4P2. The molecule has 0 heterocycles. The van der Waals surface area contributed by atoms with Crippen LogP contribution in [0.4, 0.5) is 0 Å². The molecule has 1 aromatic rings. The Balaban J connectivity index is 2.75. The van der Waals surface area contributed by atoms with Gasteiger partial charge in [-0.05, 0) is 11.1 Å². The first kappa shape index (κ1) is 16.2. The molecule has 0 amide bonds. The fourth-order valence-electron chi connectivity index (χ4n) is 1.41. The number of benzene rings is 1. The van der Waals surface area contributed by atoms with Crippen molar-refractivity contribution in [1.29, 1.82) is 0 Å². The Labute approximate surface area is 116 Å². The Kier molecular flexibility index (Phi) is 5.92. The SMILES string of the molecule is O=P(O)(CCl)Cc1ccc(CP(=O)(O)CCl)cc1. The van der Waals surface area contributed by atoms with Gasteiger partial charge in [0.1, 0.15) is 0 Å². The predicted octanol–water partition coefficient (Wildman–Crippen LogP) is 3.62. The molecule has 2 unspecified atom stereocenters. The normalized spacial score (nSPS) is 18.0. The van der Waals surface area contributed by atoms with E-state index < -0.39 is 14.7 Å². The van der Waals surface area contributed by atoms with Crippen LogP contribution in [0.5, 0.6) is 0 Å². The molecule has 0 radical (unpaired) electrons. The van der Waals surface area contributed by atoms with Gasteiger partial charge in [-0.2, -0.15) is 0 Å². The van der Waals surface area contributed by atoms with Crippen LogP contribution in [0.2, 0.25) is 0 Å². The number of rotatable bonds is 6. The molecule has 4 nitrogen and oxygen atoms in total. The van der Waals surface area contributed by atoms with Crippen LogP contribution < -0.4 is 0 Å². The van der Waals surface area contributed by atoms with Gasteiger partial charge < -0.3 is 9.79 Å². The van der Waals surface area contributed by atoms with Crippen LogP contribution in [-0.4, -0.2) is 21.0 Å². The van der Waals surface area contributed by atoms with Gasteiger partial charge in [0.2, 0.25) is 14.7 Å². The third-order valence-electron chi connectivity index (χ3n) is 2.26. The highest BCUT2D eigenvalue weighted by Gasteiger charge is 2.19. The molecular weight excluding hydrogens is 317 g/mol. The van der Waals surface area contributed by atoms with Crippen LogP contribution in [0, 0.1) is 0 Å². The highest BCUT2D eigenvalue weighted by Crippen LogP contribution is 2.46. The summed E-state index contributed by atoms with van der Waals surface area (Å²) in [6.45, 7) is 0. The van der Waals surface area contributed by atoms with Gasteiger partial charge >= 0.3 is 0 Å². The molecule has 0 fully saturated rings. The molecule has 0 spiro atoms. The minimum absolute atomic E-state index is 0.00305. The molecule has 8 heteroatoms. The second kappa shape index (κ2) is 6.56. The summed E-state index contributed by atoms with van der Waals surface area (Å²) in [5.74, 6) is 0. The number of halogens is 2. The molecule has 2 N–H and O–H groups in total. The molecule has 1 aromatic carbocycles. The Morgan fingerprint density at radius 3 is 1.33 bits per heavy atom. The first-order valence-corrected chi connectivity index (χ1v) is 10.2. The minimum Gasteiger partial charge on any atom is -0.343 e. The quantitative estimate of drug-likeness (QED) is 0.617. The van der Waals surface area contributed by atoms with E-state index in [1.807, 2.05) is 0 Å². The van der Waals surface area contributed by atoms with Crippen LogP contribution >= 0.6 is 37.9 Å². The van der Waals surface area contributed by atoms with Crippen molar-refractivity contribution in [3.63, 3.8) is 0 Å². The van der Waals surface area contributed by atoms with Crippen molar-refractivity contribution in [3.05, 3.63) is 35.4 Å². The van der Waals surface area contributed by atoms with E-state index in [1.54, 1.807) is 24.3 Å². The summed E-state index contributed by atoms with van der Waals surface area (Å²) in [5.41, 5.74) is 0.771. The molecule has 2 atom stereocenters. The summed E-state index contributed by atoms with van der Waals surface area (Å²) in [6, 6.07) is 6.61. The lowest BCUT2D eigenvalue weighted by Gasteiger charge is -2.10. The fourth-order valence-corrected chi connectivity index (χ4v) is 3.64. The Morgan fingerprint density at radius 2 is 1.11 bits per heavy atom. The zero-order valence-electron chi connectivity index (χ0n) is 9.50. The van der Waals surface area contributed by atoms with E-state index in [4.69, 9.17) is 23.2 Å². The van der Waals surface area contributed by atoms with E-state index in [0.717, 1.165) is 0 Å². The van der Waals surface area contributed by atoms with Gasteiger partial charge in [0.25, 0.3) is 0 Å². The number of alkyl halides is 2. The van der Waals surface area contributed by atoms with Gasteiger partial charge in [0.15, 0.2) is 0 Å². The zero-order valence-corrected chi connectivity index (χ0v) is 12.8. The maximum absolute atomic E-state index is 11.4. The van der Waals surface area contributed by atoms with E-state index in [-0.39, 0.29) is 23.6 Å². The predicted molar refractivity (Wildman–Crippen MR) is 74.9 cm³/mol. The lowest BCUT2D eigenvalue weighted by molar-refractivity contribution is 0.480. The zero-order chi connectivity index (χ0) is 13.8. The minimum atomic E-state index is -3.32. The molecule has 0 aliphatic rings. The fraction of sp³-hybridized carbons (Fsp3) is 0.400. The number of hydrogen-bond acceptors (Lipinski definition) is 2. The van der Waals surface area contributed by atoms with Gasteiger partial charge in [-0.25, -0.2) is 0 Å². The maximum atomic E-state index is 11.4. The van der Waals surface area contributed by atoms with Crippen molar-refractivity contribution in [3.8, 4) is 0 Å². The molecule has 0 aromatic heterocycles. The van der Waals surface area contributed by atoms with Gasteiger partial charge in [0, 0.05) is 0 Å². The maximum Gasteiger partial charge on any atom is 0.219 e. The average molecular weight is 331 g/mol. The average Bonchev–Trinajstić information content (AvgIpc) is 2.31. The van der Waals surface area contributed by atoms with Crippen molar-refractivity contribution in [2.75, 3.05) is 11.2 Å². The monoisotopic (exact) mass is 330 g/mol. The van der Waals surface area contributed by atoms with Crippen molar-refractivity contribution in [2.24, 2.45) is 0 Å². The Morgan fingerprint density at radius 1 is 0.833 bits per heavy atom. The van der Waals surface area contributed by atoms with Gasteiger partial charge in [-0.15, -0.1) is 23.2 Å². The largest absolute Gasteiger partial charge is 0.343 e. The van der Waals surface area contributed by atoms with E-state index >= 15 is 0 Å². The van der Waals surface area contributed by atoms with Crippen LogP contribution in [0.1, 0.15) is 11.1 Å². The molecule has 0 saturated heterocycles. The van der Waals surface area contributed by atoms with Crippen LogP contribution in [0.25, 0.3) is 0 Å². The third kappa shape index (κ3) is 5.44. The van der Waals surface area contributed by atoms with Gasteiger partial charge in [0.05, 0.1) is 23.6 Å². The lowest BCUT2D eigenvalue weighted by atomic mass is 10.2. The highest BCUT2D eigenvalue weighted by atomic mass is 35.5. The third-order valence-corrected chi connectivity index (χ3v) is 6.96. The summed E-state index contributed by atoms with van der Waals surface area (Å²) in [7, 11) is -6.63. The molecule has 0 aliphatic carbocycles. The summed E-state index contributed by atoms with van der Waals surface area (Å²) in [6.07, 6.45) is 0.00610. The standard InChI is InChI=1S/C10H14Cl2O4P2/c11-7-17(13,14)5-9-1-2-10(4-3-9)6-18(15,16)8-12/h1-4H,5-8H2,(H,13,14)(H,15,16). The second-order valence-corrected chi connectivity index (χ2v) is 9.99. The van der Waals surface area contributed by atoms with Crippen molar-refractivity contribution in [1.82, 2.24) is 0 Å². The van der Waals surface area contributed by atoms with E-state index in [9.17, 15) is 18.9 Å². The molecule has 1 rings (SSSR count). The van der Waals surface area contributed by atoms with Gasteiger partial charge in [-0.1, -0.05) is 24.3 Å². The van der Waals surface area contributed by atoms with Crippen molar-refractivity contribution in [2.45, 2.75) is 12.3 Å². The van der Waals surface area contributed by atoms with Crippen LogP contribution in [0.3, 0.4) is 0 Å². The molecule has 0 bridgehead atoms. The second-order valence-electron chi connectivity index (χ2n) is 4.06. The molecule has 0 saturated carbocycles. The van der Waals surface area contributed by atoms with E-state index in [2.05, 4.69) is 0 Å². The van der Waals surface area contributed by atoms with E-state index in [1.165, 1.54) is 0 Å². The summed E-state index contributed by atoms with van der Waals surface area (Å²) in [4.78, 5) is 18.8. The summed E-state index contributed by atoms with van der Waals surface area (Å²) < 4.78 is 22.9. The number of hydrogen-bond donors (Lipinski definition) is 2. The van der Waals surface area contributed by atoms with Crippen molar-refractivity contribution < 1.29 is 18.9 Å². The highest BCUT2D eigenvalue weighted by molar-refractivity contribution is 7.59. The first-order chi connectivity index (χ1) is 8.28. The lowest BCUT2D eigenvalue weighted by Crippen LogP contribution is -1.92. The smallest absolute Gasteiger partial charge is 0.219 e. The Hall–Kier alpha value is 0.180. The topological polar surface area (TPSA) is 74.6 Å². The van der Waals surface area contributed by atoms with Crippen LogP contribution in [-0.2, 0) is 21.5 Å². The Bertz CT molecular complexity index is 444. The summed E-state index contributed by atoms with van der Waals surface area (Å²) >= 11 is 10.8. The first-order valence-electron chi connectivity index (χ1n) is 5.09.